The van der Waals surface area contributed by atoms with Gasteiger partial charge in [-0.1, -0.05) is 19.0 Å². The third-order valence-electron chi connectivity index (χ3n) is 3.42. The molecule has 1 amide bonds. The molecule has 0 aliphatic rings. The number of carbonyl (C=O) groups excluding carboxylic acids is 1. The summed E-state index contributed by atoms with van der Waals surface area (Å²) in [4.78, 5) is 11.6. The van der Waals surface area contributed by atoms with Crippen LogP contribution in [0.1, 0.15) is 31.6 Å². The van der Waals surface area contributed by atoms with E-state index in [4.69, 9.17) is 10.3 Å². The minimum absolute atomic E-state index is 0.323. The third-order valence-corrected chi connectivity index (χ3v) is 3.42. The van der Waals surface area contributed by atoms with E-state index in [1.54, 1.807) is 31.2 Å². The van der Waals surface area contributed by atoms with Crippen LogP contribution in [0.15, 0.2) is 28.8 Å². The van der Waals surface area contributed by atoms with Crippen LogP contribution in [0.5, 0.6) is 0 Å². The second-order valence-electron chi connectivity index (χ2n) is 6.05. The zero-order valence-electron chi connectivity index (χ0n) is 14.0. The zero-order chi connectivity index (χ0) is 17.7. The van der Waals surface area contributed by atoms with Crippen molar-refractivity contribution < 1.29 is 9.32 Å². The highest BCUT2D eigenvalue weighted by molar-refractivity contribution is 5.83. The molecule has 126 valence electrons. The lowest BCUT2D eigenvalue weighted by molar-refractivity contribution is -0.119. The first kappa shape index (κ1) is 17.3. The van der Waals surface area contributed by atoms with Crippen LogP contribution in [0, 0.1) is 24.2 Å². The molecule has 0 unspecified atom stereocenters. The molecule has 0 saturated carbocycles. The second kappa shape index (κ2) is 7.51. The Hall–Kier alpha value is -3.01. The smallest absolute Gasteiger partial charge is 0.239 e. The Bertz CT molecular complexity index is 761. The summed E-state index contributed by atoms with van der Waals surface area (Å²) in [6.45, 7) is 5.83. The number of nitrogens with zero attached hydrogens (tertiary/aromatic N) is 2. The average Bonchev–Trinajstić information content (AvgIpc) is 2.91. The maximum atomic E-state index is 11.6. The molecule has 0 saturated heterocycles. The van der Waals surface area contributed by atoms with Gasteiger partial charge < -0.3 is 20.9 Å². The fourth-order valence-corrected chi connectivity index (χ4v) is 2.32. The Labute approximate surface area is 140 Å². The van der Waals surface area contributed by atoms with Crippen LogP contribution < -0.4 is 16.4 Å². The lowest BCUT2D eigenvalue weighted by Gasteiger charge is -2.19. The molecule has 7 nitrogen and oxygen atoms in total. The Kier molecular flexibility index (Phi) is 5.42. The van der Waals surface area contributed by atoms with E-state index < -0.39 is 11.9 Å². The number of rotatable bonds is 7. The van der Waals surface area contributed by atoms with Gasteiger partial charge in [-0.25, -0.2) is 0 Å². The molecule has 0 aliphatic carbocycles. The molecule has 0 radical (unpaired) electrons. The Morgan fingerprint density at radius 2 is 2.17 bits per heavy atom. The fourth-order valence-electron chi connectivity index (χ4n) is 2.32. The Morgan fingerprint density at radius 1 is 1.42 bits per heavy atom. The molecule has 0 spiro atoms. The van der Waals surface area contributed by atoms with E-state index >= 15 is 0 Å². The molecule has 1 aromatic heterocycles. The summed E-state index contributed by atoms with van der Waals surface area (Å²) in [5.74, 6) is 1.09. The van der Waals surface area contributed by atoms with Gasteiger partial charge in [0.15, 0.2) is 5.82 Å². The Morgan fingerprint density at radius 3 is 2.71 bits per heavy atom. The van der Waals surface area contributed by atoms with Gasteiger partial charge in [0, 0.05) is 11.8 Å². The first-order chi connectivity index (χ1) is 11.4. The maximum Gasteiger partial charge on any atom is 0.239 e. The average molecular weight is 327 g/mol. The number of benzene rings is 1. The fraction of sp³-hybridized carbons (Fsp3) is 0.353. The van der Waals surface area contributed by atoms with E-state index in [-0.39, 0.29) is 0 Å². The van der Waals surface area contributed by atoms with Crippen LogP contribution in [-0.2, 0) is 4.79 Å². The third kappa shape index (κ3) is 4.49. The van der Waals surface area contributed by atoms with Crippen LogP contribution in [0.2, 0.25) is 0 Å². The van der Waals surface area contributed by atoms with Gasteiger partial charge in [0.05, 0.1) is 11.3 Å². The molecule has 4 N–H and O–H groups in total. The van der Waals surface area contributed by atoms with Gasteiger partial charge >= 0.3 is 0 Å². The number of nitrogens with two attached hydrogens (primary N) is 1. The molecule has 2 aromatic rings. The van der Waals surface area contributed by atoms with Gasteiger partial charge in [0.1, 0.15) is 17.9 Å². The summed E-state index contributed by atoms with van der Waals surface area (Å²) >= 11 is 0. The molecule has 1 heterocycles. The first-order valence-corrected chi connectivity index (χ1v) is 7.69. The van der Waals surface area contributed by atoms with E-state index in [2.05, 4.69) is 21.9 Å². The summed E-state index contributed by atoms with van der Waals surface area (Å²) in [5.41, 5.74) is 7.19. The number of aromatic nitrogens is 1. The molecule has 2 rings (SSSR count). The summed E-state index contributed by atoms with van der Waals surface area (Å²) in [6, 6.07) is 8.54. The lowest BCUT2D eigenvalue weighted by atomic mass is 10.0. The number of anilines is 3. The molecule has 1 aromatic carbocycles. The highest BCUT2D eigenvalue weighted by atomic mass is 16.5. The Balaban J connectivity index is 2.24. The molecule has 0 bridgehead atoms. The van der Waals surface area contributed by atoms with Gasteiger partial charge in [-0.05, 0) is 37.5 Å². The predicted molar refractivity (Wildman–Crippen MR) is 91.7 cm³/mol. The van der Waals surface area contributed by atoms with Crippen molar-refractivity contribution in [2.45, 2.75) is 33.2 Å². The normalized spacial score (nSPS) is 11.8. The second-order valence-corrected chi connectivity index (χ2v) is 6.05. The number of hydrogen-bond donors (Lipinski definition) is 3. The van der Waals surface area contributed by atoms with E-state index in [9.17, 15) is 10.1 Å². The number of nitrogens with one attached hydrogen (secondary N) is 2. The molecule has 24 heavy (non-hydrogen) atoms. The van der Waals surface area contributed by atoms with Crippen molar-refractivity contribution in [3.8, 4) is 6.07 Å². The van der Waals surface area contributed by atoms with Crippen molar-refractivity contribution in [1.29, 1.82) is 5.26 Å². The molecular formula is C17H21N5O2. The van der Waals surface area contributed by atoms with Crippen LogP contribution in [0.4, 0.5) is 17.2 Å². The van der Waals surface area contributed by atoms with E-state index in [1.807, 2.05) is 13.8 Å². The van der Waals surface area contributed by atoms with Crippen molar-refractivity contribution >= 4 is 23.1 Å². The number of hydrogen-bond acceptors (Lipinski definition) is 6. The number of nitriles is 1. The number of amides is 1. The minimum Gasteiger partial charge on any atom is -0.374 e. The van der Waals surface area contributed by atoms with Crippen LogP contribution >= 0.6 is 0 Å². The van der Waals surface area contributed by atoms with E-state index in [0.717, 1.165) is 0 Å². The molecule has 0 aliphatic heterocycles. The molecule has 1 atom stereocenters. The van der Waals surface area contributed by atoms with E-state index in [1.165, 1.54) is 0 Å². The quantitative estimate of drug-likeness (QED) is 0.720. The van der Waals surface area contributed by atoms with Gasteiger partial charge in [-0.2, -0.15) is 5.26 Å². The van der Waals surface area contributed by atoms with Crippen LogP contribution in [-0.4, -0.2) is 17.1 Å². The first-order valence-electron chi connectivity index (χ1n) is 7.69. The summed E-state index contributed by atoms with van der Waals surface area (Å²) in [5, 5.41) is 19.3. The molecule has 0 fully saturated rings. The largest absolute Gasteiger partial charge is 0.374 e. The van der Waals surface area contributed by atoms with Gasteiger partial charge in [-0.15, -0.1) is 0 Å². The number of aryl methyl sites for hydroxylation is 1. The van der Waals surface area contributed by atoms with Crippen molar-refractivity contribution in [2.75, 3.05) is 10.6 Å². The summed E-state index contributed by atoms with van der Waals surface area (Å²) in [7, 11) is 0. The predicted octanol–water partition coefficient (Wildman–Crippen LogP) is 2.91. The van der Waals surface area contributed by atoms with Gasteiger partial charge in [0.25, 0.3) is 0 Å². The van der Waals surface area contributed by atoms with Crippen molar-refractivity contribution in [3.63, 3.8) is 0 Å². The van der Waals surface area contributed by atoms with E-state index in [0.29, 0.717) is 40.9 Å². The highest BCUT2D eigenvalue weighted by Gasteiger charge is 2.17. The highest BCUT2D eigenvalue weighted by Crippen LogP contribution is 2.25. The maximum absolute atomic E-state index is 11.6. The van der Waals surface area contributed by atoms with Gasteiger partial charge in [0.2, 0.25) is 5.91 Å². The van der Waals surface area contributed by atoms with Crippen molar-refractivity contribution in [3.05, 3.63) is 35.6 Å². The van der Waals surface area contributed by atoms with Crippen molar-refractivity contribution in [1.82, 2.24) is 5.16 Å². The van der Waals surface area contributed by atoms with Crippen LogP contribution in [0.25, 0.3) is 0 Å². The summed E-state index contributed by atoms with van der Waals surface area (Å²) in [6.07, 6.45) is 0.626. The standard InChI is InChI=1S/C17H21N5O2/c1-10(2)6-15(17(19)23)20-13-5-4-12(9-18)14(8-13)21-16-7-11(3)24-22-16/h4-5,7-8,10,15,20H,6H2,1-3H3,(H2,19,23)(H,21,22)/t15-/m1/s1. The van der Waals surface area contributed by atoms with Gasteiger partial charge in [-0.3, -0.25) is 4.79 Å². The van der Waals surface area contributed by atoms with Crippen LogP contribution in [0.3, 0.4) is 0 Å². The zero-order valence-corrected chi connectivity index (χ0v) is 14.0. The minimum atomic E-state index is -0.472. The monoisotopic (exact) mass is 327 g/mol. The summed E-state index contributed by atoms with van der Waals surface area (Å²) < 4.78 is 5.01. The lowest BCUT2D eigenvalue weighted by Crippen LogP contribution is -2.36. The van der Waals surface area contributed by atoms with Crippen molar-refractivity contribution in [2.24, 2.45) is 11.7 Å². The topological polar surface area (TPSA) is 117 Å². The molecule has 7 heteroatoms. The molecular weight excluding hydrogens is 306 g/mol. The number of primary amides is 1. The SMILES string of the molecule is Cc1cc(Nc2cc(N[C@H](CC(C)C)C(N)=O)ccc2C#N)no1. The number of carbonyl (C=O) groups is 1.